The molecule has 0 spiro atoms. The van der Waals surface area contributed by atoms with Gasteiger partial charge in [-0.05, 0) is 24.0 Å². The Morgan fingerprint density at radius 2 is 1.76 bits per heavy atom. The predicted octanol–water partition coefficient (Wildman–Crippen LogP) is 4.08. The first-order chi connectivity index (χ1) is 10.2. The van der Waals surface area contributed by atoms with Crippen LogP contribution in [0, 0.1) is 0 Å². The monoisotopic (exact) mass is 302 g/mol. The Bertz CT molecular complexity index is 643. The smallest absolute Gasteiger partial charge is 0.281 e. The Labute approximate surface area is 128 Å². The van der Waals surface area contributed by atoms with Crippen LogP contribution in [0.2, 0.25) is 5.15 Å². The zero-order chi connectivity index (χ0) is 15.2. The van der Waals surface area contributed by atoms with Crippen LogP contribution >= 0.6 is 11.6 Å². The van der Waals surface area contributed by atoms with Gasteiger partial charge in [0.15, 0.2) is 10.9 Å². The van der Waals surface area contributed by atoms with Gasteiger partial charge < -0.3 is 9.84 Å². The van der Waals surface area contributed by atoms with Gasteiger partial charge in [0.05, 0.1) is 0 Å². The molecule has 0 bridgehead atoms. The van der Waals surface area contributed by atoms with E-state index < -0.39 is 0 Å². The lowest BCUT2D eigenvalue weighted by Gasteiger charge is -2.14. The largest absolute Gasteiger partial charge is 0.503 e. The lowest BCUT2D eigenvalue weighted by atomic mass is 10.0. The number of ether oxygens (including phenoxy) is 1. The predicted molar refractivity (Wildman–Crippen MR) is 83.0 cm³/mol. The molecule has 108 valence electrons. The number of nitrogens with zero attached hydrogens (tertiary/aromatic N) is 2. The minimum atomic E-state index is -0.159. The molecule has 21 heavy (non-hydrogen) atoms. The van der Waals surface area contributed by atoms with Gasteiger partial charge in [0.2, 0.25) is 0 Å². The highest BCUT2D eigenvalue weighted by Gasteiger charge is 2.13. The molecule has 0 fully saturated rings. The Balaban J connectivity index is 2.44. The molecule has 1 heterocycles. The van der Waals surface area contributed by atoms with Crippen LogP contribution in [0.3, 0.4) is 0 Å². The first-order valence-electron chi connectivity index (χ1n) is 6.38. The van der Waals surface area contributed by atoms with Gasteiger partial charge in [0.25, 0.3) is 5.88 Å². The van der Waals surface area contributed by atoms with Crippen molar-refractivity contribution in [3.8, 4) is 17.4 Å². The first-order valence-corrected chi connectivity index (χ1v) is 6.76. The van der Waals surface area contributed by atoms with Crippen LogP contribution < -0.4 is 4.74 Å². The number of aromatic nitrogens is 2. The van der Waals surface area contributed by atoms with Crippen molar-refractivity contribution in [2.24, 2.45) is 0 Å². The minimum absolute atomic E-state index is 0.0150. The Morgan fingerprint density at radius 1 is 1.14 bits per heavy atom. The van der Waals surface area contributed by atoms with Crippen molar-refractivity contribution in [1.29, 1.82) is 0 Å². The van der Waals surface area contributed by atoms with E-state index in [1.165, 1.54) is 6.07 Å². The van der Waals surface area contributed by atoms with Crippen LogP contribution in [-0.4, -0.2) is 15.3 Å². The summed E-state index contributed by atoms with van der Waals surface area (Å²) in [5, 5.41) is 17.4. The molecule has 0 aliphatic heterocycles. The molecule has 0 saturated heterocycles. The van der Waals surface area contributed by atoms with E-state index in [2.05, 4.69) is 23.4 Å². The molecule has 0 unspecified atom stereocenters. The van der Waals surface area contributed by atoms with Crippen molar-refractivity contribution in [2.75, 3.05) is 0 Å². The zero-order valence-corrected chi connectivity index (χ0v) is 12.2. The average Bonchev–Trinajstić information content (AvgIpc) is 2.45. The zero-order valence-electron chi connectivity index (χ0n) is 11.4. The van der Waals surface area contributed by atoms with Gasteiger partial charge in [0, 0.05) is 6.07 Å². The molecule has 5 heteroatoms. The van der Waals surface area contributed by atoms with Crippen molar-refractivity contribution < 1.29 is 9.84 Å². The third-order valence-corrected chi connectivity index (χ3v) is 3.00. The highest BCUT2D eigenvalue weighted by molar-refractivity contribution is 6.29. The van der Waals surface area contributed by atoms with Crippen LogP contribution in [-0.2, 0) is 12.8 Å². The maximum atomic E-state index is 9.84. The van der Waals surface area contributed by atoms with Crippen LogP contribution in [0.25, 0.3) is 0 Å². The molecular formula is C16H15ClN2O2. The van der Waals surface area contributed by atoms with E-state index in [1.54, 1.807) is 12.2 Å². The number of hydrogen-bond acceptors (Lipinski definition) is 4. The molecule has 2 aromatic rings. The van der Waals surface area contributed by atoms with E-state index in [9.17, 15) is 5.11 Å². The van der Waals surface area contributed by atoms with Gasteiger partial charge in [-0.1, -0.05) is 42.0 Å². The Kier molecular flexibility index (Phi) is 4.95. The summed E-state index contributed by atoms with van der Waals surface area (Å²) in [5.41, 5.74) is 1.89. The summed E-state index contributed by atoms with van der Waals surface area (Å²) in [5.74, 6) is 0.485. The Hall–Kier alpha value is -2.33. The summed E-state index contributed by atoms with van der Waals surface area (Å²) in [7, 11) is 0. The number of benzene rings is 1. The number of allylic oxidation sites excluding steroid dienone is 2. The molecule has 0 aliphatic rings. The first kappa shape index (κ1) is 15.1. The fourth-order valence-corrected chi connectivity index (χ4v) is 2.06. The van der Waals surface area contributed by atoms with Crippen molar-refractivity contribution in [1.82, 2.24) is 10.2 Å². The summed E-state index contributed by atoms with van der Waals surface area (Å²) in [6.45, 7) is 7.48. The molecule has 0 amide bonds. The van der Waals surface area contributed by atoms with E-state index in [0.717, 1.165) is 11.1 Å². The van der Waals surface area contributed by atoms with Crippen molar-refractivity contribution >= 4 is 11.6 Å². The number of rotatable bonds is 6. The number of hydrogen-bond donors (Lipinski definition) is 1. The van der Waals surface area contributed by atoms with Gasteiger partial charge in [-0.15, -0.1) is 23.4 Å². The molecule has 1 aromatic carbocycles. The number of para-hydroxylation sites is 1. The van der Waals surface area contributed by atoms with Crippen molar-refractivity contribution in [3.63, 3.8) is 0 Å². The van der Waals surface area contributed by atoms with Crippen molar-refractivity contribution in [3.05, 3.63) is 65.9 Å². The molecular weight excluding hydrogens is 288 g/mol. The maximum Gasteiger partial charge on any atom is 0.281 e. The standard InChI is InChI=1S/C16H15ClN2O2/c1-3-6-11-8-5-9-12(7-4-2)15(11)21-16-13(20)10-14(17)18-19-16/h3-5,8-10H,1-2,6-7H2,(H,18,20). The van der Waals surface area contributed by atoms with E-state index in [1.807, 2.05) is 18.2 Å². The molecule has 0 radical (unpaired) electrons. The highest BCUT2D eigenvalue weighted by atomic mass is 35.5. The number of halogens is 1. The fraction of sp³-hybridized carbons (Fsp3) is 0.125. The van der Waals surface area contributed by atoms with Gasteiger partial charge in [0.1, 0.15) is 5.75 Å². The SMILES string of the molecule is C=CCc1cccc(CC=C)c1Oc1nnc(Cl)cc1O. The van der Waals surface area contributed by atoms with E-state index >= 15 is 0 Å². The van der Waals surface area contributed by atoms with Gasteiger partial charge in [-0.3, -0.25) is 0 Å². The van der Waals surface area contributed by atoms with Crippen molar-refractivity contribution in [2.45, 2.75) is 12.8 Å². The molecule has 2 rings (SSSR count). The number of aromatic hydroxyl groups is 1. The summed E-state index contributed by atoms with van der Waals surface area (Å²) in [4.78, 5) is 0. The second-order valence-electron chi connectivity index (χ2n) is 4.35. The molecule has 0 atom stereocenters. The summed E-state index contributed by atoms with van der Waals surface area (Å²) >= 11 is 5.67. The molecule has 1 aromatic heterocycles. The van der Waals surface area contributed by atoms with E-state index in [0.29, 0.717) is 18.6 Å². The molecule has 0 saturated carbocycles. The Morgan fingerprint density at radius 3 is 2.29 bits per heavy atom. The normalized spacial score (nSPS) is 10.1. The van der Waals surface area contributed by atoms with Gasteiger partial charge in [-0.25, -0.2) is 0 Å². The summed E-state index contributed by atoms with van der Waals surface area (Å²) < 4.78 is 5.75. The van der Waals surface area contributed by atoms with Crippen LogP contribution in [0.4, 0.5) is 0 Å². The maximum absolute atomic E-state index is 9.84. The lowest BCUT2D eigenvalue weighted by molar-refractivity contribution is 0.388. The van der Waals surface area contributed by atoms with Crippen LogP contribution in [0.5, 0.6) is 17.4 Å². The van der Waals surface area contributed by atoms with Crippen LogP contribution in [0.15, 0.2) is 49.6 Å². The third-order valence-electron chi connectivity index (χ3n) is 2.82. The van der Waals surface area contributed by atoms with Gasteiger partial charge >= 0.3 is 0 Å². The third kappa shape index (κ3) is 3.61. The van der Waals surface area contributed by atoms with E-state index in [4.69, 9.17) is 16.3 Å². The molecule has 0 aliphatic carbocycles. The average molecular weight is 303 g/mol. The second-order valence-corrected chi connectivity index (χ2v) is 4.74. The highest BCUT2D eigenvalue weighted by Crippen LogP contribution is 2.34. The fourth-order valence-electron chi connectivity index (χ4n) is 1.92. The molecule has 4 nitrogen and oxygen atoms in total. The second kappa shape index (κ2) is 6.90. The van der Waals surface area contributed by atoms with E-state index in [-0.39, 0.29) is 16.8 Å². The molecule has 1 N–H and O–H groups in total. The van der Waals surface area contributed by atoms with Gasteiger partial charge in [-0.2, -0.15) is 0 Å². The lowest BCUT2D eigenvalue weighted by Crippen LogP contribution is -1.99. The quantitative estimate of drug-likeness (QED) is 0.817. The minimum Gasteiger partial charge on any atom is -0.503 e. The van der Waals surface area contributed by atoms with Crippen LogP contribution in [0.1, 0.15) is 11.1 Å². The summed E-state index contributed by atoms with van der Waals surface area (Å²) in [6.07, 6.45) is 4.85. The topological polar surface area (TPSA) is 55.2 Å². The summed E-state index contributed by atoms with van der Waals surface area (Å²) in [6, 6.07) is 7.10.